The highest BCUT2D eigenvalue weighted by molar-refractivity contribution is 7.00. The summed E-state index contributed by atoms with van der Waals surface area (Å²) in [5, 5.41) is 5.34. The van der Waals surface area contributed by atoms with Crippen molar-refractivity contribution in [3.63, 3.8) is 0 Å². The second-order valence-corrected chi connectivity index (χ2v) is 23.5. The summed E-state index contributed by atoms with van der Waals surface area (Å²) in [7, 11) is 0. The lowest BCUT2D eigenvalue weighted by molar-refractivity contribution is 0.572. The average molecular weight is 871 g/mol. The molecule has 0 amide bonds. The van der Waals surface area contributed by atoms with E-state index in [0.717, 1.165) is 28.1 Å². The summed E-state index contributed by atoms with van der Waals surface area (Å²) in [6.45, 7) is 28.4. The van der Waals surface area contributed by atoms with Gasteiger partial charge in [-0.25, -0.2) is 9.97 Å². The lowest BCUT2D eigenvalue weighted by Gasteiger charge is -2.34. The van der Waals surface area contributed by atoms with E-state index in [0.29, 0.717) is 5.82 Å². The van der Waals surface area contributed by atoms with E-state index in [1.807, 2.05) is 0 Å². The van der Waals surface area contributed by atoms with Crippen molar-refractivity contribution in [3.05, 3.63) is 162 Å². The molecule has 12 rings (SSSR count). The molecule has 0 N–H and O–H groups in total. The standard InChI is InChI=1S/C62H59BN4/c1-59(2,3)39-31-43(61(7,8)9)53-41-25-19-27-45-56(41)66(49(53)33-39)51-29-38(48-35-47(36-21-15-13-16-22-36)64-58(65-48)37-23-17-14-18-24-37)30-52-55(51)63(45)46-28-20-26-42-54-44(62(10,11)12)32-40(60(4,5)6)34-50(54)67(52)57(42)46/h13-35H,1-12H3. The van der Waals surface area contributed by atoms with Gasteiger partial charge in [0.05, 0.1) is 22.4 Å². The molecule has 5 heterocycles. The van der Waals surface area contributed by atoms with E-state index in [1.54, 1.807) is 0 Å². The van der Waals surface area contributed by atoms with Gasteiger partial charge in [0.2, 0.25) is 0 Å². The minimum atomic E-state index is -0.0904. The lowest BCUT2D eigenvalue weighted by Crippen LogP contribution is -2.59. The van der Waals surface area contributed by atoms with E-state index in [1.165, 1.54) is 93.6 Å². The summed E-state index contributed by atoms with van der Waals surface area (Å²) < 4.78 is 5.30. The monoisotopic (exact) mass is 870 g/mol. The van der Waals surface area contributed by atoms with E-state index in [2.05, 4.69) is 232 Å². The maximum absolute atomic E-state index is 5.50. The smallest absolute Gasteiger partial charge is 0.252 e. The largest absolute Gasteiger partial charge is 0.310 e. The SMILES string of the molecule is CC(C)(C)c1cc(C(C)(C)C)c2c3cccc4c3n(c2c1)-c1cc(-c2cc(-c3ccccc3)nc(-c3ccccc3)n2)cc2c1B4c1cccc3c4c(C(C)(C)C)cc(C(C)(C)C)cc4n-2c13. The van der Waals surface area contributed by atoms with Gasteiger partial charge >= 0.3 is 0 Å². The number of benzene rings is 7. The fourth-order valence-corrected chi connectivity index (χ4v) is 11.4. The highest BCUT2D eigenvalue weighted by Gasteiger charge is 2.42. The average Bonchev–Trinajstić information content (AvgIpc) is 3.82. The molecule has 0 radical (unpaired) electrons. The maximum Gasteiger partial charge on any atom is 0.252 e. The molecule has 3 aromatic heterocycles. The fourth-order valence-electron chi connectivity index (χ4n) is 11.4. The van der Waals surface area contributed by atoms with Crippen LogP contribution >= 0.6 is 0 Å². The Bertz CT molecular complexity index is 3470. The first-order chi connectivity index (χ1) is 31.8. The number of aromatic nitrogens is 4. The number of nitrogens with zero attached hydrogens (tertiary/aromatic N) is 4. The predicted molar refractivity (Wildman–Crippen MR) is 286 cm³/mol. The van der Waals surface area contributed by atoms with Crippen molar-refractivity contribution in [1.82, 2.24) is 19.1 Å². The van der Waals surface area contributed by atoms with Crippen molar-refractivity contribution < 1.29 is 0 Å². The zero-order valence-electron chi connectivity index (χ0n) is 41.1. The van der Waals surface area contributed by atoms with Crippen LogP contribution in [0.5, 0.6) is 0 Å². The molecule has 0 saturated carbocycles. The first kappa shape index (κ1) is 41.7. The molecular weight excluding hydrogens is 812 g/mol. The van der Waals surface area contributed by atoms with Gasteiger partial charge in [0.1, 0.15) is 0 Å². The molecule has 0 unspecified atom stereocenters. The Hall–Kier alpha value is -6.72. The van der Waals surface area contributed by atoms with E-state index in [-0.39, 0.29) is 28.4 Å². The van der Waals surface area contributed by atoms with Crippen LogP contribution in [0.4, 0.5) is 0 Å². The Morgan fingerprint density at radius 3 is 1.27 bits per heavy atom. The summed E-state index contributed by atoms with van der Waals surface area (Å²) in [4.78, 5) is 10.8. The molecule has 0 bridgehead atoms. The highest BCUT2D eigenvalue weighted by Crippen LogP contribution is 2.47. The van der Waals surface area contributed by atoms with E-state index < -0.39 is 0 Å². The highest BCUT2D eigenvalue weighted by atomic mass is 15.0. The van der Waals surface area contributed by atoms with Gasteiger partial charge in [-0.3, -0.25) is 0 Å². The quantitative estimate of drug-likeness (QED) is 0.166. The molecule has 5 heteroatoms. The molecule has 4 nitrogen and oxygen atoms in total. The third-order valence-electron chi connectivity index (χ3n) is 14.8. The topological polar surface area (TPSA) is 35.6 Å². The van der Waals surface area contributed by atoms with E-state index in [9.17, 15) is 0 Å². The van der Waals surface area contributed by atoms with E-state index >= 15 is 0 Å². The van der Waals surface area contributed by atoms with Crippen molar-refractivity contribution in [2.75, 3.05) is 0 Å². The zero-order valence-corrected chi connectivity index (χ0v) is 41.1. The molecule has 0 spiro atoms. The number of hydrogen-bond acceptors (Lipinski definition) is 2. The van der Waals surface area contributed by atoms with Crippen LogP contribution in [0.1, 0.15) is 105 Å². The van der Waals surface area contributed by atoms with Crippen LogP contribution in [0, 0.1) is 0 Å². The molecule has 7 aromatic carbocycles. The molecule has 0 saturated heterocycles. The van der Waals surface area contributed by atoms with Crippen LogP contribution in [0.2, 0.25) is 0 Å². The fraction of sp³-hybridized carbons (Fsp3) is 0.258. The first-order valence-electron chi connectivity index (χ1n) is 24.2. The summed E-state index contributed by atoms with van der Waals surface area (Å²) in [5.41, 5.74) is 21.8. The van der Waals surface area contributed by atoms with E-state index in [4.69, 9.17) is 9.97 Å². The summed E-state index contributed by atoms with van der Waals surface area (Å²) in [5.74, 6) is 0.716. The van der Waals surface area contributed by atoms with Crippen molar-refractivity contribution in [3.8, 4) is 45.3 Å². The van der Waals surface area contributed by atoms with Crippen LogP contribution in [0.3, 0.4) is 0 Å². The molecule has 2 aliphatic rings. The first-order valence-corrected chi connectivity index (χ1v) is 24.2. The van der Waals surface area contributed by atoms with Gasteiger partial charge in [-0.1, -0.05) is 192 Å². The summed E-state index contributed by atoms with van der Waals surface area (Å²) in [6, 6.07) is 52.4. The van der Waals surface area contributed by atoms with Crippen LogP contribution in [0.15, 0.2) is 140 Å². The van der Waals surface area contributed by atoms with Gasteiger partial charge in [-0.2, -0.15) is 0 Å². The molecule has 0 aliphatic carbocycles. The maximum atomic E-state index is 5.50. The third-order valence-corrected chi connectivity index (χ3v) is 14.8. The molecule has 330 valence electrons. The number of para-hydroxylation sites is 2. The second-order valence-electron chi connectivity index (χ2n) is 23.5. The third kappa shape index (κ3) is 6.19. The Balaban J connectivity index is 1.30. The Labute approximate surface area is 395 Å². The van der Waals surface area contributed by atoms with Gasteiger partial charge in [-0.15, -0.1) is 0 Å². The van der Waals surface area contributed by atoms with Crippen molar-refractivity contribution >= 4 is 66.7 Å². The Kier molecular flexibility index (Phi) is 8.66. The Morgan fingerprint density at radius 2 is 0.836 bits per heavy atom. The van der Waals surface area contributed by atoms with Crippen molar-refractivity contribution in [1.29, 1.82) is 0 Å². The second kappa shape index (κ2) is 13.9. The van der Waals surface area contributed by atoms with Crippen molar-refractivity contribution in [2.24, 2.45) is 0 Å². The van der Waals surface area contributed by atoms with Crippen LogP contribution in [-0.4, -0.2) is 25.8 Å². The summed E-state index contributed by atoms with van der Waals surface area (Å²) in [6.07, 6.45) is 0. The van der Waals surface area contributed by atoms with Crippen LogP contribution in [-0.2, 0) is 21.7 Å². The minimum Gasteiger partial charge on any atom is -0.310 e. The number of hydrogen-bond donors (Lipinski definition) is 0. The number of rotatable bonds is 3. The summed E-state index contributed by atoms with van der Waals surface area (Å²) >= 11 is 0. The lowest BCUT2D eigenvalue weighted by atomic mass is 9.34. The molecule has 0 atom stereocenters. The normalized spacial score (nSPS) is 13.6. The van der Waals surface area contributed by atoms with Gasteiger partial charge in [-0.05, 0) is 90.6 Å². The molecule has 0 fully saturated rings. The van der Waals surface area contributed by atoms with Gasteiger partial charge in [0.15, 0.2) is 5.82 Å². The zero-order chi connectivity index (χ0) is 46.7. The Morgan fingerprint density at radius 1 is 0.403 bits per heavy atom. The van der Waals surface area contributed by atoms with Crippen molar-refractivity contribution in [2.45, 2.75) is 105 Å². The van der Waals surface area contributed by atoms with Crippen LogP contribution in [0.25, 0.3) is 88.9 Å². The number of fused-ring (bicyclic) bond motifs is 10. The van der Waals surface area contributed by atoms with Gasteiger partial charge in [0, 0.05) is 60.6 Å². The molecule has 67 heavy (non-hydrogen) atoms. The molecule has 2 aliphatic heterocycles. The molecule has 10 aromatic rings. The molecular formula is C62H59BN4. The van der Waals surface area contributed by atoms with Gasteiger partial charge < -0.3 is 9.13 Å². The van der Waals surface area contributed by atoms with Gasteiger partial charge in [0.25, 0.3) is 6.71 Å². The van der Waals surface area contributed by atoms with Crippen LogP contribution < -0.4 is 16.4 Å². The predicted octanol–water partition coefficient (Wildman–Crippen LogP) is 14.0. The minimum absolute atomic E-state index is 0.0191.